The van der Waals surface area contributed by atoms with Crippen LogP contribution >= 0.6 is 23.2 Å². The summed E-state index contributed by atoms with van der Waals surface area (Å²) >= 11 is 12.5. The number of rotatable bonds is 5. The molecule has 6 heteroatoms. The highest BCUT2D eigenvalue weighted by Crippen LogP contribution is 2.33. The largest absolute Gasteiger partial charge is 0.493 e. The van der Waals surface area contributed by atoms with Crippen LogP contribution in [0.15, 0.2) is 42.5 Å². The van der Waals surface area contributed by atoms with Crippen LogP contribution in [0.5, 0.6) is 11.5 Å². The van der Waals surface area contributed by atoms with E-state index in [2.05, 4.69) is 5.48 Å². The topological polar surface area (TPSA) is 39.7 Å². The van der Waals surface area contributed by atoms with E-state index in [1.807, 2.05) is 30.3 Å². The van der Waals surface area contributed by atoms with E-state index in [-0.39, 0.29) is 6.10 Å². The predicted octanol–water partition coefficient (Wildman–Crippen LogP) is 4.50. The maximum absolute atomic E-state index is 6.24. The van der Waals surface area contributed by atoms with E-state index in [1.165, 1.54) is 0 Å². The molecule has 1 aliphatic rings. The van der Waals surface area contributed by atoms with Crippen molar-refractivity contribution < 1.29 is 14.3 Å². The molecule has 1 atom stereocenters. The molecule has 0 spiro atoms. The third-order valence-corrected chi connectivity index (χ3v) is 4.42. The molecule has 24 heavy (non-hydrogen) atoms. The first-order chi connectivity index (χ1) is 11.6. The van der Waals surface area contributed by atoms with E-state index in [0.717, 1.165) is 16.8 Å². The quantitative estimate of drug-likeness (QED) is 0.846. The second-order valence-corrected chi connectivity index (χ2v) is 6.14. The summed E-state index contributed by atoms with van der Waals surface area (Å²) in [7, 11) is 3.23. The van der Waals surface area contributed by atoms with Crippen LogP contribution in [-0.2, 0) is 11.3 Å². The SMILES string of the molecule is COc1ccc(CC2C=C(c3c(Cl)cccc3Cl)NO2)cc1OC. The molecular formula is C18H17Cl2NO3. The van der Waals surface area contributed by atoms with Gasteiger partial charge in [0, 0.05) is 12.0 Å². The van der Waals surface area contributed by atoms with Crippen LogP contribution in [0.4, 0.5) is 0 Å². The van der Waals surface area contributed by atoms with Crippen LogP contribution < -0.4 is 15.0 Å². The molecule has 0 bridgehead atoms. The first-order valence-electron chi connectivity index (χ1n) is 7.41. The van der Waals surface area contributed by atoms with Gasteiger partial charge in [0.1, 0.15) is 6.10 Å². The number of ether oxygens (including phenoxy) is 2. The lowest BCUT2D eigenvalue weighted by molar-refractivity contribution is 0.0519. The molecule has 0 saturated heterocycles. The first-order valence-corrected chi connectivity index (χ1v) is 8.16. The fourth-order valence-electron chi connectivity index (χ4n) is 2.62. The maximum atomic E-state index is 6.24. The third kappa shape index (κ3) is 3.46. The molecule has 1 heterocycles. The molecule has 4 nitrogen and oxygen atoms in total. The number of hydroxylamine groups is 1. The summed E-state index contributed by atoms with van der Waals surface area (Å²) in [6, 6.07) is 11.2. The van der Waals surface area contributed by atoms with E-state index in [9.17, 15) is 0 Å². The van der Waals surface area contributed by atoms with Gasteiger partial charge in [-0.25, -0.2) is 0 Å². The number of methoxy groups -OCH3 is 2. The van der Waals surface area contributed by atoms with Crippen molar-refractivity contribution >= 4 is 28.9 Å². The number of hydrogen-bond donors (Lipinski definition) is 1. The van der Waals surface area contributed by atoms with E-state index < -0.39 is 0 Å². The highest BCUT2D eigenvalue weighted by atomic mass is 35.5. The minimum absolute atomic E-state index is 0.134. The number of benzene rings is 2. The normalized spacial score (nSPS) is 16.5. The zero-order valence-electron chi connectivity index (χ0n) is 13.3. The Morgan fingerprint density at radius 3 is 2.42 bits per heavy atom. The Kier molecular flexibility index (Phi) is 5.19. The van der Waals surface area contributed by atoms with Gasteiger partial charge in [0.25, 0.3) is 0 Å². The molecule has 0 aliphatic carbocycles. The van der Waals surface area contributed by atoms with Crippen LogP contribution in [0.1, 0.15) is 11.1 Å². The number of halogens is 2. The zero-order chi connectivity index (χ0) is 17.1. The summed E-state index contributed by atoms with van der Waals surface area (Å²) in [4.78, 5) is 5.63. The van der Waals surface area contributed by atoms with Gasteiger partial charge >= 0.3 is 0 Å². The summed E-state index contributed by atoms with van der Waals surface area (Å²) in [5, 5.41) is 1.16. The Hall–Kier alpha value is -1.88. The van der Waals surface area contributed by atoms with Gasteiger partial charge < -0.3 is 9.47 Å². The second kappa shape index (κ2) is 7.34. The number of hydrogen-bond acceptors (Lipinski definition) is 4. The fraction of sp³-hybridized carbons (Fsp3) is 0.222. The molecule has 1 N–H and O–H groups in total. The minimum Gasteiger partial charge on any atom is -0.493 e. The third-order valence-electron chi connectivity index (χ3n) is 3.79. The summed E-state index contributed by atoms with van der Waals surface area (Å²) in [5.41, 5.74) is 5.50. The molecule has 3 rings (SSSR count). The van der Waals surface area contributed by atoms with E-state index >= 15 is 0 Å². The standard InChI is InChI=1S/C18H17Cl2NO3/c1-22-16-7-6-11(9-17(16)23-2)8-12-10-15(21-24-12)18-13(19)4-3-5-14(18)20/h3-7,9-10,12,21H,8H2,1-2H3. The summed E-state index contributed by atoms with van der Waals surface area (Å²) < 4.78 is 10.6. The summed E-state index contributed by atoms with van der Waals surface area (Å²) in [5.74, 6) is 1.39. The second-order valence-electron chi connectivity index (χ2n) is 5.33. The Bertz CT molecular complexity index is 757. The molecule has 0 saturated carbocycles. The van der Waals surface area contributed by atoms with Gasteiger partial charge in [-0.2, -0.15) is 0 Å². The molecule has 2 aromatic rings. The van der Waals surface area contributed by atoms with Gasteiger partial charge in [-0.05, 0) is 35.9 Å². The molecule has 0 fully saturated rings. The molecule has 1 aliphatic heterocycles. The molecule has 0 radical (unpaired) electrons. The lowest BCUT2D eigenvalue weighted by Gasteiger charge is -2.11. The highest BCUT2D eigenvalue weighted by molar-refractivity contribution is 6.37. The van der Waals surface area contributed by atoms with Crippen molar-refractivity contribution in [2.45, 2.75) is 12.5 Å². The Labute approximate surface area is 150 Å². The van der Waals surface area contributed by atoms with Crippen LogP contribution in [0.2, 0.25) is 10.0 Å². The monoisotopic (exact) mass is 365 g/mol. The Balaban J connectivity index is 1.79. The zero-order valence-corrected chi connectivity index (χ0v) is 14.8. The highest BCUT2D eigenvalue weighted by Gasteiger charge is 2.21. The van der Waals surface area contributed by atoms with Crippen molar-refractivity contribution in [3.63, 3.8) is 0 Å². The van der Waals surface area contributed by atoms with Crippen molar-refractivity contribution in [1.29, 1.82) is 0 Å². The molecule has 0 amide bonds. The minimum atomic E-state index is -0.134. The Morgan fingerprint density at radius 1 is 1.04 bits per heavy atom. The van der Waals surface area contributed by atoms with Gasteiger partial charge in [0.15, 0.2) is 11.5 Å². The molecule has 0 aromatic heterocycles. The average Bonchev–Trinajstić information content (AvgIpc) is 3.02. The summed E-state index contributed by atoms with van der Waals surface area (Å²) in [6.45, 7) is 0. The molecule has 2 aromatic carbocycles. The van der Waals surface area contributed by atoms with Crippen molar-refractivity contribution in [2.75, 3.05) is 14.2 Å². The van der Waals surface area contributed by atoms with Crippen molar-refractivity contribution in [2.24, 2.45) is 0 Å². The van der Waals surface area contributed by atoms with Gasteiger partial charge in [0.2, 0.25) is 0 Å². The van der Waals surface area contributed by atoms with Crippen molar-refractivity contribution in [3.8, 4) is 11.5 Å². The van der Waals surface area contributed by atoms with Crippen LogP contribution in [0, 0.1) is 0 Å². The number of nitrogens with one attached hydrogen (secondary N) is 1. The predicted molar refractivity (Wildman–Crippen MR) is 95.7 cm³/mol. The van der Waals surface area contributed by atoms with Crippen LogP contribution in [0.3, 0.4) is 0 Å². The maximum Gasteiger partial charge on any atom is 0.160 e. The fourth-order valence-corrected chi connectivity index (χ4v) is 3.22. The van der Waals surface area contributed by atoms with E-state index in [4.69, 9.17) is 37.5 Å². The van der Waals surface area contributed by atoms with Gasteiger partial charge in [-0.3, -0.25) is 10.3 Å². The van der Waals surface area contributed by atoms with Crippen molar-refractivity contribution in [3.05, 3.63) is 63.6 Å². The van der Waals surface area contributed by atoms with Crippen LogP contribution in [-0.4, -0.2) is 20.3 Å². The Morgan fingerprint density at radius 2 is 1.75 bits per heavy atom. The molecule has 1 unspecified atom stereocenters. The summed E-state index contributed by atoms with van der Waals surface area (Å²) in [6.07, 6.45) is 2.52. The smallest absolute Gasteiger partial charge is 0.160 e. The lowest BCUT2D eigenvalue weighted by Crippen LogP contribution is -2.14. The van der Waals surface area contributed by atoms with E-state index in [1.54, 1.807) is 26.4 Å². The van der Waals surface area contributed by atoms with Crippen molar-refractivity contribution in [1.82, 2.24) is 5.48 Å². The van der Waals surface area contributed by atoms with Gasteiger partial charge in [0.05, 0.1) is 30.0 Å². The lowest BCUT2D eigenvalue weighted by atomic mass is 10.1. The van der Waals surface area contributed by atoms with E-state index in [0.29, 0.717) is 28.0 Å². The molecular weight excluding hydrogens is 349 g/mol. The molecule has 126 valence electrons. The first kappa shape index (κ1) is 17.0. The van der Waals surface area contributed by atoms with Gasteiger partial charge in [-0.1, -0.05) is 35.3 Å². The van der Waals surface area contributed by atoms with Crippen LogP contribution in [0.25, 0.3) is 5.70 Å². The average molecular weight is 366 g/mol. The van der Waals surface area contributed by atoms with Gasteiger partial charge in [-0.15, -0.1) is 0 Å².